The maximum absolute atomic E-state index is 11.3. The van der Waals surface area contributed by atoms with Crippen molar-refractivity contribution in [2.24, 2.45) is 0 Å². The first-order valence-corrected chi connectivity index (χ1v) is 4.80. The first-order valence-electron chi connectivity index (χ1n) is 4.80. The van der Waals surface area contributed by atoms with E-state index in [1.54, 1.807) is 20.8 Å². The van der Waals surface area contributed by atoms with Crippen LogP contribution in [0.25, 0.3) is 0 Å². The van der Waals surface area contributed by atoms with Gasteiger partial charge in [-0.25, -0.2) is 4.79 Å². The summed E-state index contributed by atoms with van der Waals surface area (Å²) in [7, 11) is 1.21. The normalized spacial score (nSPS) is 12.5. The molecule has 92 valence electrons. The summed E-state index contributed by atoms with van der Waals surface area (Å²) in [5.41, 5.74) is -0.650. The van der Waals surface area contributed by atoms with Crippen LogP contribution in [0.1, 0.15) is 27.2 Å². The molecule has 0 spiro atoms. The number of aldehydes is 1. The van der Waals surface area contributed by atoms with Crippen molar-refractivity contribution in [3.63, 3.8) is 0 Å². The Labute approximate surface area is 94.3 Å². The van der Waals surface area contributed by atoms with Crippen LogP contribution in [-0.2, 0) is 19.1 Å². The molecule has 6 nitrogen and oxygen atoms in total. The zero-order valence-corrected chi connectivity index (χ0v) is 9.90. The molecular weight excluding hydrogens is 214 g/mol. The van der Waals surface area contributed by atoms with Gasteiger partial charge in [-0.1, -0.05) is 0 Å². The van der Waals surface area contributed by atoms with Crippen molar-refractivity contribution >= 4 is 18.3 Å². The molecule has 0 aromatic carbocycles. The number of esters is 1. The van der Waals surface area contributed by atoms with Crippen molar-refractivity contribution in [2.75, 3.05) is 7.11 Å². The lowest BCUT2D eigenvalue weighted by atomic mass is 10.2. The predicted octanol–water partition coefficient (Wildman–Crippen LogP) is 0.642. The van der Waals surface area contributed by atoms with E-state index < -0.39 is 23.7 Å². The fourth-order valence-electron chi connectivity index (χ4n) is 0.855. The van der Waals surface area contributed by atoms with Crippen LogP contribution >= 0.6 is 0 Å². The lowest BCUT2D eigenvalue weighted by Crippen LogP contribution is -2.41. The smallest absolute Gasteiger partial charge is 0.408 e. The highest BCUT2D eigenvalue weighted by Gasteiger charge is 2.20. The average Bonchev–Trinajstić information content (AvgIpc) is 2.13. The van der Waals surface area contributed by atoms with Gasteiger partial charge in [0.15, 0.2) is 0 Å². The molecular formula is C10H17NO5. The minimum atomic E-state index is -0.928. The molecule has 0 aliphatic heterocycles. The van der Waals surface area contributed by atoms with E-state index >= 15 is 0 Å². The predicted molar refractivity (Wildman–Crippen MR) is 55.9 cm³/mol. The second-order valence-corrected chi connectivity index (χ2v) is 4.17. The number of amides is 1. The van der Waals surface area contributed by atoms with Crippen LogP contribution in [0, 0.1) is 0 Å². The van der Waals surface area contributed by atoms with Gasteiger partial charge in [0.1, 0.15) is 11.9 Å². The second-order valence-electron chi connectivity index (χ2n) is 4.17. The van der Waals surface area contributed by atoms with Crippen molar-refractivity contribution in [3.8, 4) is 0 Å². The van der Waals surface area contributed by atoms with Crippen LogP contribution in [0.2, 0.25) is 0 Å². The van der Waals surface area contributed by atoms with Gasteiger partial charge < -0.3 is 19.6 Å². The minimum absolute atomic E-state index is 0.209. The standard InChI is InChI=1S/C10H17NO5/c1-10(2,3)16-9(14)11-7(6-12)5-8(13)15-4/h6-7H,5H2,1-4H3,(H,11,14)/t7-/m0/s1. The summed E-state index contributed by atoms with van der Waals surface area (Å²) >= 11 is 0. The molecule has 0 aromatic rings. The Morgan fingerprint density at radius 1 is 1.38 bits per heavy atom. The summed E-state index contributed by atoms with van der Waals surface area (Å²) in [6.45, 7) is 5.09. The van der Waals surface area contributed by atoms with Crippen molar-refractivity contribution in [3.05, 3.63) is 0 Å². The van der Waals surface area contributed by atoms with E-state index in [2.05, 4.69) is 10.1 Å². The number of hydrogen-bond acceptors (Lipinski definition) is 5. The van der Waals surface area contributed by atoms with Crippen molar-refractivity contribution in [1.29, 1.82) is 0 Å². The number of nitrogens with one attached hydrogen (secondary N) is 1. The van der Waals surface area contributed by atoms with Crippen LogP contribution in [0.3, 0.4) is 0 Å². The molecule has 0 bridgehead atoms. The molecule has 0 unspecified atom stereocenters. The SMILES string of the molecule is COC(=O)C[C@@H](C=O)NC(=O)OC(C)(C)C. The largest absolute Gasteiger partial charge is 0.469 e. The van der Waals surface area contributed by atoms with Crippen molar-refractivity contribution in [1.82, 2.24) is 5.32 Å². The molecule has 0 aliphatic rings. The minimum Gasteiger partial charge on any atom is -0.469 e. The third-order valence-electron chi connectivity index (χ3n) is 1.48. The molecule has 0 rings (SSSR count). The Bertz CT molecular complexity index is 269. The van der Waals surface area contributed by atoms with Gasteiger partial charge in [0.05, 0.1) is 19.6 Å². The fourth-order valence-corrected chi connectivity index (χ4v) is 0.855. The molecule has 6 heteroatoms. The van der Waals surface area contributed by atoms with Gasteiger partial charge in [0, 0.05) is 0 Å². The second kappa shape index (κ2) is 6.09. The fraction of sp³-hybridized carbons (Fsp3) is 0.700. The third-order valence-corrected chi connectivity index (χ3v) is 1.48. The molecule has 0 saturated carbocycles. The molecule has 0 fully saturated rings. The summed E-state index contributed by atoms with van der Waals surface area (Å²) in [6, 6.07) is -0.928. The first-order chi connectivity index (χ1) is 7.28. The zero-order valence-electron chi connectivity index (χ0n) is 9.90. The quantitative estimate of drug-likeness (QED) is 0.567. The van der Waals surface area contributed by atoms with Gasteiger partial charge in [-0.2, -0.15) is 0 Å². The number of alkyl carbamates (subject to hydrolysis) is 1. The maximum atomic E-state index is 11.3. The van der Waals surface area contributed by atoms with E-state index in [-0.39, 0.29) is 6.42 Å². The lowest BCUT2D eigenvalue weighted by molar-refractivity contribution is -0.141. The molecule has 0 heterocycles. The van der Waals surface area contributed by atoms with Crippen LogP contribution in [0.15, 0.2) is 0 Å². The van der Waals surface area contributed by atoms with Gasteiger partial charge in [0.25, 0.3) is 0 Å². The van der Waals surface area contributed by atoms with E-state index in [1.165, 1.54) is 7.11 Å². The summed E-state index contributed by atoms with van der Waals surface area (Å²) in [6.07, 6.45) is -0.492. The number of carbonyl (C=O) groups is 3. The van der Waals surface area contributed by atoms with Crippen LogP contribution in [0.5, 0.6) is 0 Å². The molecule has 1 atom stereocenters. The topological polar surface area (TPSA) is 81.7 Å². The Kier molecular flexibility index (Phi) is 5.49. The van der Waals surface area contributed by atoms with Crippen LogP contribution in [-0.4, -0.2) is 37.1 Å². The Hall–Kier alpha value is -1.59. The van der Waals surface area contributed by atoms with Gasteiger partial charge >= 0.3 is 12.1 Å². The van der Waals surface area contributed by atoms with E-state index in [0.717, 1.165) is 0 Å². The molecule has 0 aliphatic carbocycles. The van der Waals surface area contributed by atoms with Crippen LogP contribution in [0.4, 0.5) is 4.79 Å². The molecule has 1 amide bonds. The van der Waals surface area contributed by atoms with E-state index in [9.17, 15) is 14.4 Å². The van der Waals surface area contributed by atoms with Gasteiger partial charge in [-0.05, 0) is 20.8 Å². The first kappa shape index (κ1) is 14.4. The highest BCUT2D eigenvalue weighted by Crippen LogP contribution is 2.06. The Morgan fingerprint density at radius 2 is 1.94 bits per heavy atom. The summed E-state index contributed by atoms with van der Waals surface area (Å²) in [4.78, 5) is 32.7. The molecule has 0 radical (unpaired) electrons. The number of ether oxygens (including phenoxy) is 2. The van der Waals surface area contributed by atoms with Crippen LogP contribution < -0.4 is 5.32 Å². The van der Waals surface area contributed by atoms with Gasteiger partial charge in [-0.15, -0.1) is 0 Å². The van der Waals surface area contributed by atoms with Crippen molar-refractivity contribution in [2.45, 2.75) is 38.8 Å². The Morgan fingerprint density at radius 3 is 2.31 bits per heavy atom. The van der Waals surface area contributed by atoms with Crippen molar-refractivity contribution < 1.29 is 23.9 Å². The average molecular weight is 231 g/mol. The third kappa shape index (κ3) is 6.80. The van der Waals surface area contributed by atoms with E-state index in [1.807, 2.05) is 0 Å². The molecule has 1 N–H and O–H groups in total. The Balaban J connectivity index is 4.17. The molecule has 16 heavy (non-hydrogen) atoms. The summed E-state index contributed by atoms with van der Waals surface area (Å²) in [5, 5.41) is 2.26. The summed E-state index contributed by atoms with van der Waals surface area (Å²) in [5.74, 6) is -0.576. The zero-order chi connectivity index (χ0) is 12.8. The van der Waals surface area contributed by atoms with Gasteiger partial charge in [0.2, 0.25) is 0 Å². The molecule has 0 aromatic heterocycles. The summed E-state index contributed by atoms with van der Waals surface area (Å²) < 4.78 is 9.30. The number of hydrogen-bond donors (Lipinski definition) is 1. The maximum Gasteiger partial charge on any atom is 0.408 e. The monoisotopic (exact) mass is 231 g/mol. The number of carbonyl (C=O) groups excluding carboxylic acids is 3. The highest BCUT2D eigenvalue weighted by molar-refractivity contribution is 5.79. The lowest BCUT2D eigenvalue weighted by Gasteiger charge is -2.21. The van der Waals surface area contributed by atoms with E-state index in [0.29, 0.717) is 6.29 Å². The van der Waals surface area contributed by atoms with E-state index in [4.69, 9.17) is 4.74 Å². The van der Waals surface area contributed by atoms with Gasteiger partial charge in [-0.3, -0.25) is 4.79 Å². The molecule has 0 saturated heterocycles. The number of rotatable bonds is 4. The number of methoxy groups -OCH3 is 1. The highest BCUT2D eigenvalue weighted by atomic mass is 16.6.